The van der Waals surface area contributed by atoms with Crippen LogP contribution in [0.4, 0.5) is 0 Å². The molecule has 3 nitrogen and oxygen atoms in total. The van der Waals surface area contributed by atoms with Gasteiger partial charge in [-0.25, -0.2) is 0 Å². The van der Waals surface area contributed by atoms with Crippen molar-refractivity contribution in [1.82, 2.24) is 5.32 Å². The fraction of sp³-hybridized carbons (Fsp3) is 1.00. The van der Waals surface area contributed by atoms with E-state index in [0.29, 0.717) is 5.92 Å². The SMILES string of the molecule is CC(C)CC(N)CNC1(C)CCOC1. The molecule has 1 heterocycles. The van der Waals surface area contributed by atoms with Crippen LogP contribution in [-0.4, -0.2) is 31.3 Å². The van der Waals surface area contributed by atoms with Crippen LogP contribution in [0.2, 0.25) is 0 Å². The average molecular weight is 200 g/mol. The lowest BCUT2D eigenvalue weighted by Crippen LogP contribution is -2.48. The largest absolute Gasteiger partial charge is 0.379 e. The van der Waals surface area contributed by atoms with Gasteiger partial charge in [-0.15, -0.1) is 0 Å². The molecule has 2 atom stereocenters. The summed E-state index contributed by atoms with van der Waals surface area (Å²) in [6.07, 6.45) is 2.19. The van der Waals surface area contributed by atoms with E-state index in [2.05, 4.69) is 26.1 Å². The first-order valence-corrected chi connectivity index (χ1v) is 5.60. The minimum Gasteiger partial charge on any atom is -0.379 e. The minimum absolute atomic E-state index is 0.161. The number of nitrogens with one attached hydrogen (secondary N) is 1. The topological polar surface area (TPSA) is 47.3 Å². The van der Waals surface area contributed by atoms with E-state index in [4.69, 9.17) is 10.5 Å². The summed E-state index contributed by atoms with van der Waals surface area (Å²) < 4.78 is 5.37. The van der Waals surface area contributed by atoms with Gasteiger partial charge in [-0.3, -0.25) is 0 Å². The second-order valence-corrected chi connectivity index (χ2v) is 5.13. The van der Waals surface area contributed by atoms with Gasteiger partial charge in [0, 0.05) is 24.7 Å². The molecule has 0 spiro atoms. The molecule has 1 aliphatic heterocycles. The molecule has 1 rings (SSSR count). The fourth-order valence-corrected chi connectivity index (χ4v) is 1.87. The zero-order valence-electron chi connectivity index (χ0n) is 9.68. The second-order valence-electron chi connectivity index (χ2n) is 5.13. The maximum atomic E-state index is 6.01. The van der Waals surface area contributed by atoms with Crippen LogP contribution in [0.3, 0.4) is 0 Å². The molecule has 0 aliphatic carbocycles. The molecular formula is C11H24N2O. The summed E-state index contributed by atoms with van der Waals surface area (Å²) in [7, 11) is 0. The number of hydrogen-bond acceptors (Lipinski definition) is 3. The van der Waals surface area contributed by atoms with Crippen molar-refractivity contribution in [3.05, 3.63) is 0 Å². The predicted octanol–water partition coefficient (Wildman–Crippen LogP) is 1.13. The van der Waals surface area contributed by atoms with E-state index in [1.807, 2.05) is 0 Å². The lowest BCUT2D eigenvalue weighted by atomic mass is 9.99. The van der Waals surface area contributed by atoms with Crippen molar-refractivity contribution in [3.63, 3.8) is 0 Å². The zero-order valence-corrected chi connectivity index (χ0v) is 9.68. The third-order valence-corrected chi connectivity index (χ3v) is 2.78. The molecular weight excluding hydrogens is 176 g/mol. The van der Waals surface area contributed by atoms with Crippen LogP contribution in [-0.2, 0) is 4.74 Å². The van der Waals surface area contributed by atoms with E-state index < -0.39 is 0 Å². The number of rotatable bonds is 5. The zero-order chi connectivity index (χ0) is 10.6. The van der Waals surface area contributed by atoms with Gasteiger partial charge in [0.1, 0.15) is 0 Å². The Bertz CT molecular complexity index is 165. The Balaban J connectivity index is 2.18. The van der Waals surface area contributed by atoms with Crippen molar-refractivity contribution in [3.8, 4) is 0 Å². The monoisotopic (exact) mass is 200 g/mol. The maximum absolute atomic E-state index is 6.01. The van der Waals surface area contributed by atoms with Gasteiger partial charge in [-0.1, -0.05) is 13.8 Å². The number of ether oxygens (including phenoxy) is 1. The molecule has 0 radical (unpaired) electrons. The minimum atomic E-state index is 0.161. The summed E-state index contributed by atoms with van der Waals surface area (Å²) in [5, 5.41) is 3.51. The predicted molar refractivity (Wildman–Crippen MR) is 59.3 cm³/mol. The number of hydrogen-bond donors (Lipinski definition) is 2. The van der Waals surface area contributed by atoms with Crippen LogP contribution in [0.1, 0.15) is 33.6 Å². The van der Waals surface area contributed by atoms with Crippen molar-refractivity contribution in [2.75, 3.05) is 19.8 Å². The van der Waals surface area contributed by atoms with E-state index in [1.165, 1.54) is 0 Å². The van der Waals surface area contributed by atoms with Gasteiger partial charge in [-0.2, -0.15) is 0 Å². The Morgan fingerprint density at radius 3 is 2.71 bits per heavy atom. The van der Waals surface area contributed by atoms with E-state index in [-0.39, 0.29) is 11.6 Å². The third-order valence-electron chi connectivity index (χ3n) is 2.78. The Morgan fingerprint density at radius 2 is 2.21 bits per heavy atom. The normalized spacial score (nSPS) is 29.8. The first-order valence-electron chi connectivity index (χ1n) is 5.60. The molecule has 84 valence electrons. The number of nitrogens with two attached hydrogens (primary N) is 1. The van der Waals surface area contributed by atoms with Crippen LogP contribution >= 0.6 is 0 Å². The molecule has 0 aromatic rings. The molecule has 1 aliphatic rings. The summed E-state index contributed by atoms with van der Waals surface area (Å²) in [6.45, 7) is 9.23. The van der Waals surface area contributed by atoms with Crippen molar-refractivity contribution in [2.24, 2.45) is 11.7 Å². The molecule has 1 fully saturated rings. The van der Waals surface area contributed by atoms with Crippen molar-refractivity contribution in [1.29, 1.82) is 0 Å². The van der Waals surface area contributed by atoms with Gasteiger partial charge in [0.25, 0.3) is 0 Å². The van der Waals surface area contributed by atoms with E-state index >= 15 is 0 Å². The lowest BCUT2D eigenvalue weighted by Gasteiger charge is -2.26. The van der Waals surface area contributed by atoms with Crippen molar-refractivity contribution < 1.29 is 4.74 Å². The van der Waals surface area contributed by atoms with Crippen molar-refractivity contribution in [2.45, 2.75) is 45.2 Å². The molecule has 0 amide bonds. The quantitative estimate of drug-likeness (QED) is 0.699. The van der Waals surface area contributed by atoms with Crippen LogP contribution in [0.5, 0.6) is 0 Å². The summed E-state index contributed by atoms with van der Waals surface area (Å²) in [5.74, 6) is 0.680. The van der Waals surface area contributed by atoms with Crippen molar-refractivity contribution >= 4 is 0 Å². The van der Waals surface area contributed by atoms with Gasteiger partial charge in [0.05, 0.1) is 6.61 Å². The molecule has 2 unspecified atom stereocenters. The van der Waals surface area contributed by atoms with Crippen LogP contribution in [0, 0.1) is 5.92 Å². The molecule has 0 aromatic heterocycles. The smallest absolute Gasteiger partial charge is 0.0646 e. The van der Waals surface area contributed by atoms with E-state index in [0.717, 1.165) is 32.6 Å². The van der Waals surface area contributed by atoms with Crippen LogP contribution in [0.25, 0.3) is 0 Å². The first kappa shape index (κ1) is 12.0. The molecule has 3 heteroatoms. The highest BCUT2D eigenvalue weighted by Gasteiger charge is 2.29. The molecule has 1 saturated heterocycles. The Morgan fingerprint density at radius 1 is 1.50 bits per heavy atom. The Kier molecular flexibility index (Phi) is 4.35. The van der Waals surface area contributed by atoms with Gasteiger partial charge < -0.3 is 15.8 Å². The van der Waals surface area contributed by atoms with E-state index in [1.54, 1.807) is 0 Å². The molecule has 3 N–H and O–H groups in total. The lowest BCUT2D eigenvalue weighted by molar-refractivity contribution is 0.170. The van der Waals surface area contributed by atoms with E-state index in [9.17, 15) is 0 Å². The maximum Gasteiger partial charge on any atom is 0.0646 e. The Labute approximate surface area is 87.4 Å². The van der Waals surface area contributed by atoms with Gasteiger partial charge in [0.2, 0.25) is 0 Å². The molecule has 0 bridgehead atoms. The highest BCUT2D eigenvalue weighted by Crippen LogP contribution is 2.17. The highest BCUT2D eigenvalue weighted by atomic mass is 16.5. The van der Waals surface area contributed by atoms with Gasteiger partial charge >= 0.3 is 0 Å². The summed E-state index contributed by atoms with van der Waals surface area (Å²) in [4.78, 5) is 0. The molecule has 0 saturated carbocycles. The van der Waals surface area contributed by atoms with Gasteiger partial charge in [0.15, 0.2) is 0 Å². The molecule has 0 aromatic carbocycles. The standard InChI is InChI=1S/C11H24N2O/c1-9(2)6-10(12)7-13-11(3)4-5-14-8-11/h9-10,13H,4-8,12H2,1-3H3. The van der Waals surface area contributed by atoms with Gasteiger partial charge in [-0.05, 0) is 25.7 Å². The summed E-state index contributed by atoms with van der Waals surface area (Å²) in [5.41, 5.74) is 6.17. The molecule has 14 heavy (non-hydrogen) atoms. The third kappa shape index (κ3) is 3.95. The Hall–Kier alpha value is -0.120. The first-order chi connectivity index (χ1) is 6.52. The highest BCUT2D eigenvalue weighted by molar-refractivity contribution is 4.88. The van der Waals surface area contributed by atoms with Crippen LogP contribution < -0.4 is 11.1 Å². The summed E-state index contributed by atoms with van der Waals surface area (Å²) in [6, 6.07) is 0.271. The van der Waals surface area contributed by atoms with Crippen LogP contribution in [0.15, 0.2) is 0 Å². The fourth-order valence-electron chi connectivity index (χ4n) is 1.87. The average Bonchev–Trinajstić information content (AvgIpc) is 2.49. The summed E-state index contributed by atoms with van der Waals surface area (Å²) >= 11 is 0. The second kappa shape index (κ2) is 5.10.